The first-order valence-electron chi connectivity index (χ1n) is 5.72. The number of nitrogens with two attached hydrogens (primary N) is 1. The molecule has 0 atom stereocenters. The molecule has 17 heavy (non-hydrogen) atoms. The van der Waals surface area contributed by atoms with E-state index in [0.717, 1.165) is 31.6 Å². The van der Waals surface area contributed by atoms with Gasteiger partial charge < -0.3 is 23.0 Å². The van der Waals surface area contributed by atoms with E-state index in [4.69, 9.17) is 0 Å². The molecule has 0 radical (unpaired) electrons. The molecule has 1 aromatic rings. The Balaban J connectivity index is 0.00000144. The van der Waals surface area contributed by atoms with E-state index in [1.807, 2.05) is 10.9 Å². The number of carbonyl (C=O) groups excluding carboxylic acids is 1. The largest absolute Gasteiger partial charge is 1.00 e. The molecule has 0 aliphatic carbocycles. The van der Waals surface area contributed by atoms with E-state index in [1.165, 1.54) is 6.92 Å². The summed E-state index contributed by atoms with van der Waals surface area (Å²) < 4.78 is 1.93. The van der Waals surface area contributed by atoms with Crippen molar-refractivity contribution in [1.29, 1.82) is 0 Å². The summed E-state index contributed by atoms with van der Waals surface area (Å²) in [5.41, 5.74) is 0.824. The van der Waals surface area contributed by atoms with Crippen LogP contribution in [-0.4, -0.2) is 34.0 Å². The van der Waals surface area contributed by atoms with Crippen LogP contribution in [0.4, 0.5) is 0 Å². The first kappa shape index (κ1) is 13.9. The molecule has 7 heteroatoms. The van der Waals surface area contributed by atoms with Gasteiger partial charge in [0.1, 0.15) is 5.69 Å². The monoisotopic (exact) mass is 259 g/mol. The zero-order valence-corrected chi connectivity index (χ0v) is 10.7. The lowest BCUT2D eigenvalue weighted by Gasteiger charge is -2.19. The number of aromatic nitrogens is 3. The van der Waals surface area contributed by atoms with Crippen molar-refractivity contribution in [3.8, 4) is 0 Å². The third-order valence-corrected chi connectivity index (χ3v) is 2.86. The Morgan fingerprint density at radius 3 is 2.94 bits per heavy atom. The SMILES string of the molecule is CC(=O)NCc1cn(C2CC[NH2+]CC2)nn1.[Cl-]. The predicted molar refractivity (Wildman–Crippen MR) is 57.5 cm³/mol. The molecular formula is C10H18ClN5O. The first-order valence-corrected chi connectivity index (χ1v) is 5.72. The number of hydrogen-bond acceptors (Lipinski definition) is 3. The summed E-state index contributed by atoms with van der Waals surface area (Å²) in [5, 5.41) is 13.2. The molecule has 1 aromatic heterocycles. The number of rotatable bonds is 3. The Kier molecular flexibility index (Phi) is 5.37. The van der Waals surface area contributed by atoms with Gasteiger partial charge in [0.05, 0.1) is 31.9 Å². The van der Waals surface area contributed by atoms with Crippen LogP contribution in [0.5, 0.6) is 0 Å². The molecule has 1 aliphatic heterocycles. The molecule has 2 rings (SSSR count). The maximum atomic E-state index is 10.8. The van der Waals surface area contributed by atoms with E-state index in [1.54, 1.807) is 0 Å². The molecule has 1 amide bonds. The maximum Gasteiger partial charge on any atom is 0.217 e. The second-order valence-corrected chi connectivity index (χ2v) is 4.20. The van der Waals surface area contributed by atoms with Gasteiger partial charge >= 0.3 is 0 Å². The molecule has 0 spiro atoms. The average Bonchev–Trinajstić information content (AvgIpc) is 2.76. The van der Waals surface area contributed by atoms with Gasteiger partial charge in [0, 0.05) is 19.8 Å². The number of amides is 1. The minimum atomic E-state index is -0.0400. The van der Waals surface area contributed by atoms with Crippen molar-refractivity contribution in [2.75, 3.05) is 13.1 Å². The predicted octanol–water partition coefficient (Wildman–Crippen LogP) is -4.18. The van der Waals surface area contributed by atoms with E-state index in [-0.39, 0.29) is 18.3 Å². The molecule has 0 aromatic carbocycles. The lowest BCUT2D eigenvalue weighted by molar-refractivity contribution is -0.664. The number of quaternary nitrogens is 1. The Hall–Kier alpha value is -1.14. The van der Waals surface area contributed by atoms with Gasteiger partial charge in [-0.05, 0) is 0 Å². The number of carbonyl (C=O) groups is 1. The van der Waals surface area contributed by atoms with Crippen molar-refractivity contribution in [3.05, 3.63) is 11.9 Å². The van der Waals surface area contributed by atoms with E-state index < -0.39 is 0 Å². The number of piperidine rings is 1. The van der Waals surface area contributed by atoms with Crippen LogP contribution in [0.25, 0.3) is 0 Å². The fourth-order valence-corrected chi connectivity index (χ4v) is 1.96. The van der Waals surface area contributed by atoms with Gasteiger partial charge in [-0.25, -0.2) is 4.68 Å². The summed E-state index contributed by atoms with van der Waals surface area (Å²) in [6, 6.07) is 0.476. The highest BCUT2D eigenvalue weighted by Crippen LogP contribution is 2.14. The summed E-state index contributed by atoms with van der Waals surface area (Å²) >= 11 is 0. The van der Waals surface area contributed by atoms with Gasteiger partial charge in [-0.2, -0.15) is 0 Å². The van der Waals surface area contributed by atoms with E-state index in [0.29, 0.717) is 12.6 Å². The van der Waals surface area contributed by atoms with Crippen LogP contribution < -0.4 is 23.0 Å². The quantitative estimate of drug-likeness (QED) is 0.578. The summed E-state index contributed by atoms with van der Waals surface area (Å²) in [6.45, 7) is 4.28. The molecule has 96 valence electrons. The number of hydrogen-bond donors (Lipinski definition) is 2. The van der Waals surface area contributed by atoms with Crippen LogP contribution in [0.3, 0.4) is 0 Å². The van der Waals surface area contributed by atoms with E-state index in [2.05, 4.69) is 20.9 Å². The zero-order chi connectivity index (χ0) is 11.4. The molecular weight excluding hydrogens is 242 g/mol. The van der Waals surface area contributed by atoms with Gasteiger partial charge in [0.15, 0.2) is 0 Å². The van der Waals surface area contributed by atoms with Gasteiger partial charge in [0.25, 0.3) is 0 Å². The molecule has 0 bridgehead atoms. The van der Waals surface area contributed by atoms with Gasteiger partial charge in [-0.1, -0.05) is 5.21 Å². The minimum absolute atomic E-state index is 0. The third-order valence-electron chi connectivity index (χ3n) is 2.86. The Labute approximate surface area is 107 Å². The van der Waals surface area contributed by atoms with Crippen molar-refractivity contribution in [1.82, 2.24) is 20.3 Å². The van der Waals surface area contributed by atoms with Crippen LogP contribution in [0.15, 0.2) is 6.20 Å². The highest BCUT2D eigenvalue weighted by Gasteiger charge is 2.18. The van der Waals surface area contributed by atoms with Crippen LogP contribution in [0, 0.1) is 0 Å². The lowest BCUT2D eigenvalue weighted by atomic mass is 10.1. The van der Waals surface area contributed by atoms with Crippen molar-refractivity contribution < 1.29 is 22.5 Å². The van der Waals surface area contributed by atoms with Crippen molar-refractivity contribution in [2.24, 2.45) is 0 Å². The smallest absolute Gasteiger partial charge is 0.217 e. The Bertz CT molecular complexity index is 361. The molecule has 6 nitrogen and oxygen atoms in total. The summed E-state index contributed by atoms with van der Waals surface area (Å²) in [5.74, 6) is -0.0400. The molecule has 1 fully saturated rings. The molecule has 1 aliphatic rings. The lowest BCUT2D eigenvalue weighted by Crippen LogP contribution is -3.00. The topological polar surface area (TPSA) is 76.4 Å². The Morgan fingerprint density at radius 1 is 1.59 bits per heavy atom. The van der Waals surface area contributed by atoms with Crippen LogP contribution in [-0.2, 0) is 11.3 Å². The Morgan fingerprint density at radius 2 is 2.29 bits per heavy atom. The maximum absolute atomic E-state index is 10.8. The molecule has 3 N–H and O–H groups in total. The van der Waals surface area contributed by atoms with Gasteiger partial charge in [-0.15, -0.1) is 5.10 Å². The van der Waals surface area contributed by atoms with Crippen LogP contribution in [0.1, 0.15) is 31.5 Å². The molecule has 0 saturated carbocycles. The standard InChI is InChI=1S/C10H17N5O.ClH/c1-8(16)12-6-9-7-15(14-13-9)10-2-4-11-5-3-10;/h7,10-11H,2-6H2,1H3,(H,12,16);1H. The molecule has 1 saturated heterocycles. The second kappa shape index (κ2) is 6.56. The molecule has 2 heterocycles. The number of nitrogens with one attached hydrogen (secondary N) is 1. The van der Waals surface area contributed by atoms with Crippen LogP contribution in [0.2, 0.25) is 0 Å². The van der Waals surface area contributed by atoms with E-state index >= 15 is 0 Å². The number of nitrogens with zero attached hydrogens (tertiary/aromatic N) is 3. The highest BCUT2D eigenvalue weighted by molar-refractivity contribution is 5.72. The van der Waals surface area contributed by atoms with Gasteiger partial charge in [-0.3, -0.25) is 4.79 Å². The van der Waals surface area contributed by atoms with Crippen LogP contribution >= 0.6 is 0 Å². The fraction of sp³-hybridized carbons (Fsp3) is 0.700. The number of halogens is 1. The minimum Gasteiger partial charge on any atom is -1.00 e. The highest BCUT2D eigenvalue weighted by atomic mass is 35.5. The van der Waals surface area contributed by atoms with E-state index in [9.17, 15) is 4.79 Å². The van der Waals surface area contributed by atoms with Gasteiger partial charge in [0.2, 0.25) is 5.91 Å². The first-order chi connectivity index (χ1) is 7.75. The second-order valence-electron chi connectivity index (χ2n) is 4.20. The summed E-state index contributed by atoms with van der Waals surface area (Å²) in [4.78, 5) is 10.8. The zero-order valence-electron chi connectivity index (χ0n) is 9.90. The van der Waals surface area contributed by atoms with Crippen molar-refractivity contribution in [2.45, 2.75) is 32.4 Å². The average molecular weight is 260 g/mol. The summed E-state index contributed by atoms with van der Waals surface area (Å²) in [6.07, 6.45) is 4.22. The third kappa shape index (κ3) is 3.98. The van der Waals surface area contributed by atoms with Crippen molar-refractivity contribution in [3.63, 3.8) is 0 Å². The summed E-state index contributed by atoms with van der Waals surface area (Å²) in [7, 11) is 0. The normalized spacial score (nSPS) is 16.3. The fourth-order valence-electron chi connectivity index (χ4n) is 1.96. The molecule has 0 unspecified atom stereocenters. The van der Waals surface area contributed by atoms with Crippen molar-refractivity contribution >= 4 is 5.91 Å².